The first kappa shape index (κ1) is 20.3. The summed E-state index contributed by atoms with van der Waals surface area (Å²) in [5, 5.41) is 4.30. The fourth-order valence-corrected chi connectivity index (χ4v) is 4.34. The molecule has 152 valence electrons. The molecule has 8 heteroatoms. The molecule has 2 aromatic carbocycles. The number of benzene rings is 2. The summed E-state index contributed by atoms with van der Waals surface area (Å²) in [5.74, 6) is -0.0695. The zero-order valence-corrected chi connectivity index (χ0v) is 17.8. The molecule has 1 amide bonds. The van der Waals surface area contributed by atoms with Crippen LogP contribution in [0.5, 0.6) is 0 Å². The molecule has 5 nitrogen and oxygen atoms in total. The lowest BCUT2D eigenvalue weighted by atomic mass is 10.1. The maximum atomic E-state index is 13.9. The lowest BCUT2D eigenvalue weighted by Crippen LogP contribution is -2.31. The zero-order valence-electron chi connectivity index (χ0n) is 16.3. The molecule has 1 unspecified atom stereocenters. The van der Waals surface area contributed by atoms with E-state index in [1.54, 1.807) is 42.1 Å². The van der Waals surface area contributed by atoms with E-state index in [4.69, 9.17) is 11.6 Å². The van der Waals surface area contributed by atoms with Gasteiger partial charge in [-0.15, -0.1) is 11.3 Å². The van der Waals surface area contributed by atoms with Crippen LogP contribution in [0.2, 0.25) is 5.02 Å². The van der Waals surface area contributed by atoms with Crippen molar-refractivity contribution in [1.82, 2.24) is 19.9 Å². The summed E-state index contributed by atoms with van der Waals surface area (Å²) in [6.45, 7) is 1.79. The summed E-state index contributed by atoms with van der Waals surface area (Å²) in [7, 11) is 1.83. The van der Waals surface area contributed by atoms with E-state index < -0.39 is 6.04 Å². The highest BCUT2D eigenvalue weighted by molar-refractivity contribution is 7.17. The normalized spacial score (nSPS) is 12.0. The van der Waals surface area contributed by atoms with E-state index in [1.165, 1.54) is 23.5 Å². The van der Waals surface area contributed by atoms with Crippen LogP contribution in [0.3, 0.4) is 0 Å². The number of thiazole rings is 1. The number of halogens is 2. The fourth-order valence-electron chi connectivity index (χ4n) is 3.19. The number of carbonyl (C=O) groups excluding carboxylic acids is 1. The molecule has 4 rings (SSSR count). The summed E-state index contributed by atoms with van der Waals surface area (Å²) >= 11 is 7.37. The highest BCUT2D eigenvalue weighted by Gasteiger charge is 2.24. The Morgan fingerprint density at radius 2 is 2.03 bits per heavy atom. The van der Waals surface area contributed by atoms with Crippen LogP contribution in [0, 0.1) is 12.7 Å². The quantitative estimate of drug-likeness (QED) is 0.466. The van der Waals surface area contributed by atoms with E-state index in [9.17, 15) is 9.18 Å². The maximum Gasteiger partial charge on any atom is 0.264 e. The van der Waals surface area contributed by atoms with Gasteiger partial charge in [-0.3, -0.25) is 4.79 Å². The number of hydrogen-bond donors (Lipinski definition) is 1. The molecule has 1 N–H and O–H groups in total. The first-order valence-corrected chi connectivity index (χ1v) is 10.4. The topological polar surface area (TPSA) is 59.8 Å². The second-order valence-corrected chi connectivity index (χ2v) is 8.24. The number of nitrogens with one attached hydrogen (secondary N) is 1. The van der Waals surface area contributed by atoms with E-state index in [0.717, 1.165) is 5.56 Å². The zero-order chi connectivity index (χ0) is 21.3. The summed E-state index contributed by atoms with van der Waals surface area (Å²) in [6, 6.07) is 12.9. The number of rotatable bonds is 5. The molecule has 0 bridgehead atoms. The second kappa shape index (κ2) is 8.38. The van der Waals surface area contributed by atoms with Gasteiger partial charge in [0.2, 0.25) is 0 Å². The van der Waals surface area contributed by atoms with Crippen molar-refractivity contribution in [3.8, 4) is 10.6 Å². The third-order valence-corrected chi connectivity index (χ3v) is 6.09. The van der Waals surface area contributed by atoms with Crippen molar-refractivity contribution < 1.29 is 9.18 Å². The minimum atomic E-state index is -0.607. The van der Waals surface area contributed by atoms with E-state index >= 15 is 0 Å². The van der Waals surface area contributed by atoms with Crippen LogP contribution >= 0.6 is 22.9 Å². The van der Waals surface area contributed by atoms with E-state index in [1.807, 2.05) is 25.2 Å². The van der Waals surface area contributed by atoms with Crippen LogP contribution in [0.4, 0.5) is 4.39 Å². The number of carbonyl (C=O) groups is 1. The molecule has 0 saturated heterocycles. The van der Waals surface area contributed by atoms with E-state index in [-0.39, 0.29) is 11.7 Å². The molecular weight excluding hydrogens is 423 g/mol. The number of nitrogens with zero attached hydrogens (tertiary/aromatic N) is 3. The third kappa shape index (κ3) is 4.13. The third-order valence-electron chi connectivity index (χ3n) is 4.65. The maximum absolute atomic E-state index is 13.9. The minimum Gasteiger partial charge on any atom is -0.337 e. The molecule has 0 aliphatic carbocycles. The lowest BCUT2D eigenvalue weighted by molar-refractivity contribution is 0.0944. The van der Waals surface area contributed by atoms with E-state index in [2.05, 4.69) is 15.3 Å². The predicted molar refractivity (Wildman–Crippen MR) is 116 cm³/mol. The Hall–Kier alpha value is -3.03. The Morgan fingerprint density at radius 3 is 2.73 bits per heavy atom. The molecule has 4 aromatic rings. The van der Waals surface area contributed by atoms with Crippen molar-refractivity contribution in [2.75, 3.05) is 0 Å². The highest BCUT2D eigenvalue weighted by Crippen LogP contribution is 2.30. The number of hydrogen-bond acceptors (Lipinski definition) is 4. The average Bonchev–Trinajstić information content (AvgIpc) is 3.31. The van der Waals surface area contributed by atoms with Crippen LogP contribution in [0.15, 0.2) is 60.9 Å². The van der Waals surface area contributed by atoms with Crippen LogP contribution in [0.25, 0.3) is 10.6 Å². The second-order valence-electron chi connectivity index (χ2n) is 6.80. The first-order valence-electron chi connectivity index (χ1n) is 9.19. The molecule has 0 saturated carbocycles. The molecular formula is C22H18ClFN4OS. The van der Waals surface area contributed by atoms with Crippen molar-refractivity contribution >= 4 is 28.8 Å². The fraction of sp³-hybridized carbons (Fsp3) is 0.136. The molecule has 0 aliphatic heterocycles. The smallest absolute Gasteiger partial charge is 0.264 e. The lowest BCUT2D eigenvalue weighted by Gasteiger charge is -2.19. The number of aryl methyl sites for hydroxylation is 2. The van der Waals surface area contributed by atoms with Gasteiger partial charge in [-0.1, -0.05) is 35.9 Å². The molecule has 0 fully saturated rings. The standard InChI is InChI=1S/C22H18ClFN4OS/c1-13-19(30-22(26-13)15-6-3-7-16(23)11-15)21(29)27-18(20-25-9-10-28(20)2)14-5-4-8-17(24)12-14/h3-12,18H,1-2H3,(H,27,29). The van der Waals surface area contributed by atoms with Crippen LogP contribution < -0.4 is 5.32 Å². The number of imidazole rings is 1. The number of amides is 1. The molecule has 30 heavy (non-hydrogen) atoms. The Balaban J connectivity index is 1.67. The largest absolute Gasteiger partial charge is 0.337 e. The summed E-state index contributed by atoms with van der Waals surface area (Å²) in [4.78, 5) is 22.5. The van der Waals surface area contributed by atoms with Crippen molar-refractivity contribution in [3.63, 3.8) is 0 Å². The van der Waals surface area contributed by atoms with Gasteiger partial charge in [0.25, 0.3) is 5.91 Å². The van der Waals surface area contributed by atoms with Crippen molar-refractivity contribution in [2.45, 2.75) is 13.0 Å². The molecule has 0 radical (unpaired) electrons. The van der Waals surface area contributed by atoms with Gasteiger partial charge in [-0.25, -0.2) is 14.4 Å². The van der Waals surface area contributed by atoms with Crippen LogP contribution in [-0.2, 0) is 7.05 Å². The average molecular weight is 441 g/mol. The highest BCUT2D eigenvalue weighted by atomic mass is 35.5. The molecule has 2 aromatic heterocycles. The predicted octanol–water partition coefficient (Wildman–Crippen LogP) is 5.16. The Kier molecular flexibility index (Phi) is 5.65. The Bertz CT molecular complexity index is 1220. The monoisotopic (exact) mass is 440 g/mol. The summed E-state index contributed by atoms with van der Waals surface area (Å²) in [5.41, 5.74) is 2.07. The number of aromatic nitrogens is 3. The van der Waals surface area contributed by atoms with Gasteiger partial charge in [0, 0.05) is 30.0 Å². The molecule has 2 heterocycles. The summed E-state index contributed by atoms with van der Waals surface area (Å²) in [6.07, 6.45) is 3.42. The Morgan fingerprint density at radius 1 is 1.23 bits per heavy atom. The van der Waals surface area contributed by atoms with Gasteiger partial charge in [0.05, 0.1) is 5.69 Å². The molecule has 1 atom stereocenters. The van der Waals surface area contributed by atoms with E-state index in [0.29, 0.717) is 32.0 Å². The minimum absolute atomic E-state index is 0.296. The summed E-state index contributed by atoms with van der Waals surface area (Å²) < 4.78 is 15.7. The van der Waals surface area contributed by atoms with Gasteiger partial charge >= 0.3 is 0 Å². The molecule has 0 aliphatic rings. The SMILES string of the molecule is Cc1nc(-c2cccc(Cl)c2)sc1C(=O)NC(c1cccc(F)c1)c1nccn1C. The van der Waals surface area contributed by atoms with Crippen molar-refractivity contribution in [3.05, 3.63) is 93.7 Å². The van der Waals surface area contributed by atoms with Crippen LogP contribution in [-0.4, -0.2) is 20.4 Å². The van der Waals surface area contributed by atoms with Gasteiger partial charge in [0.1, 0.15) is 27.6 Å². The van der Waals surface area contributed by atoms with Gasteiger partial charge in [-0.05, 0) is 36.8 Å². The van der Waals surface area contributed by atoms with Crippen molar-refractivity contribution in [1.29, 1.82) is 0 Å². The van der Waals surface area contributed by atoms with Gasteiger partial charge in [-0.2, -0.15) is 0 Å². The van der Waals surface area contributed by atoms with Gasteiger partial charge in [0.15, 0.2) is 0 Å². The van der Waals surface area contributed by atoms with Crippen molar-refractivity contribution in [2.24, 2.45) is 7.05 Å². The first-order chi connectivity index (χ1) is 14.4. The van der Waals surface area contributed by atoms with Crippen LogP contribution in [0.1, 0.15) is 32.8 Å². The Labute approximate surface area is 182 Å². The van der Waals surface area contributed by atoms with Gasteiger partial charge < -0.3 is 9.88 Å². The molecule has 0 spiro atoms.